The zero-order valence-electron chi connectivity index (χ0n) is 25.7. The molecule has 1 fully saturated rings. The molecule has 0 saturated carbocycles. The van der Waals surface area contributed by atoms with Gasteiger partial charge in [-0.25, -0.2) is 9.97 Å². The van der Waals surface area contributed by atoms with Crippen LogP contribution in [0.25, 0.3) is 21.5 Å². The van der Waals surface area contributed by atoms with Crippen LogP contribution < -0.4 is 5.32 Å². The van der Waals surface area contributed by atoms with E-state index in [0.717, 1.165) is 54.0 Å². The van der Waals surface area contributed by atoms with Gasteiger partial charge in [0.05, 0.1) is 12.1 Å². The van der Waals surface area contributed by atoms with Gasteiger partial charge in [0.15, 0.2) is 10.7 Å². The third kappa shape index (κ3) is 7.07. The minimum absolute atomic E-state index is 0.0278. The molecule has 1 amide bonds. The molecule has 2 aliphatic rings. The molecule has 4 aromatic rings. The number of pyridine rings is 1. The summed E-state index contributed by atoms with van der Waals surface area (Å²) in [5.74, 6) is 0.260. The van der Waals surface area contributed by atoms with Crippen molar-refractivity contribution in [3.05, 3.63) is 64.1 Å². The lowest BCUT2D eigenvalue weighted by atomic mass is 9.71. The van der Waals surface area contributed by atoms with Crippen LogP contribution in [0.5, 0.6) is 0 Å². The Morgan fingerprint density at radius 1 is 1.13 bits per heavy atom. The first-order chi connectivity index (χ1) is 21.3. The molecule has 1 saturated heterocycles. The molecular weight excluding hydrogens is 601 g/mol. The van der Waals surface area contributed by atoms with Gasteiger partial charge in [-0.2, -0.15) is 18.3 Å². The summed E-state index contributed by atoms with van der Waals surface area (Å²) in [6, 6.07) is 8.46. The maximum Gasteiger partial charge on any atom is 0.435 e. The molecule has 1 aliphatic carbocycles. The number of carbonyl (C=O) groups excluding carboxylic acids is 1. The van der Waals surface area contributed by atoms with Gasteiger partial charge in [0, 0.05) is 37.1 Å². The minimum atomic E-state index is -4.58. The Morgan fingerprint density at radius 3 is 2.56 bits per heavy atom. The number of carbonyl (C=O) groups is 1. The molecule has 8 nitrogen and oxygen atoms in total. The summed E-state index contributed by atoms with van der Waals surface area (Å²) in [6.07, 6.45) is 1.34. The first kappa shape index (κ1) is 31.6. The normalized spacial score (nSPS) is 19.0. The smallest absolute Gasteiger partial charge is 0.393 e. The second kappa shape index (κ2) is 12.4. The number of fused-ring (bicyclic) bond motifs is 2. The lowest BCUT2D eigenvalue weighted by Crippen LogP contribution is -2.38. The zero-order chi connectivity index (χ0) is 31.9. The van der Waals surface area contributed by atoms with Crippen molar-refractivity contribution in [1.29, 1.82) is 0 Å². The summed E-state index contributed by atoms with van der Waals surface area (Å²) in [5, 5.41) is 19.1. The maximum atomic E-state index is 13.6. The number of benzene rings is 1. The second-order valence-electron chi connectivity index (χ2n) is 13.4. The summed E-state index contributed by atoms with van der Waals surface area (Å²) in [4.78, 5) is 26.2. The van der Waals surface area contributed by atoms with Crippen LogP contribution in [0.4, 0.5) is 13.2 Å². The van der Waals surface area contributed by atoms with E-state index < -0.39 is 17.9 Å². The molecule has 0 unspecified atom stereocenters. The van der Waals surface area contributed by atoms with Gasteiger partial charge in [0.1, 0.15) is 10.3 Å². The van der Waals surface area contributed by atoms with E-state index in [2.05, 4.69) is 52.2 Å². The van der Waals surface area contributed by atoms with E-state index >= 15 is 0 Å². The van der Waals surface area contributed by atoms with E-state index in [1.165, 1.54) is 23.1 Å². The van der Waals surface area contributed by atoms with Gasteiger partial charge in [0.25, 0.3) is 5.91 Å². The number of aliphatic hydroxyl groups excluding tert-OH is 1. The van der Waals surface area contributed by atoms with E-state index in [4.69, 9.17) is 4.98 Å². The number of hydrogen-bond acceptors (Lipinski definition) is 7. The third-order valence-electron chi connectivity index (χ3n) is 9.30. The van der Waals surface area contributed by atoms with Gasteiger partial charge in [-0.3, -0.25) is 9.89 Å². The Morgan fingerprint density at radius 2 is 1.87 bits per heavy atom. The Hall–Kier alpha value is -3.35. The molecule has 12 heteroatoms. The number of rotatable bonds is 7. The molecule has 3 aromatic heterocycles. The molecule has 45 heavy (non-hydrogen) atoms. The van der Waals surface area contributed by atoms with Crippen molar-refractivity contribution in [3.63, 3.8) is 0 Å². The predicted molar refractivity (Wildman–Crippen MR) is 168 cm³/mol. The Labute approximate surface area is 264 Å². The van der Waals surface area contributed by atoms with E-state index in [-0.39, 0.29) is 23.0 Å². The van der Waals surface area contributed by atoms with Crippen molar-refractivity contribution in [2.75, 3.05) is 19.6 Å². The summed E-state index contributed by atoms with van der Waals surface area (Å²) in [7, 11) is 0. The predicted octanol–water partition coefficient (Wildman–Crippen LogP) is 6.57. The lowest BCUT2D eigenvalue weighted by molar-refractivity contribution is -0.140. The minimum Gasteiger partial charge on any atom is -0.393 e. The average molecular weight is 641 g/mol. The van der Waals surface area contributed by atoms with Crippen LogP contribution in [0.1, 0.15) is 84.8 Å². The van der Waals surface area contributed by atoms with E-state index in [9.17, 15) is 23.1 Å². The van der Waals surface area contributed by atoms with Crippen LogP contribution in [0.3, 0.4) is 0 Å². The fourth-order valence-corrected chi connectivity index (χ4v) is 7.31. The van der Waals surface area contributed by atoms with E-state index in [1.54, 1.807) is 24.3 Å². The van der Waals surface area contributed by atoms with E-state index in [1.807, 2.05) is 0 Å². The molecule has 1 aliphatic heterocycles. The van der Waals surface area contributed by atoms with Crippen LogP contribution in [0.2, 0.25) is 0 Å². The first-order valence-electron chi connectivity index (χ1n) is 15.6. The molecule has 2 atom stereocenters. The number of thiazole rings is 1. The maximum absolute atomic E-state index is 13.6. The number of aryl methyl sites for hydroxylation is 1. The van der Waals surface area contributed by atoms with Crippen molar-refractivity contribution >= 4 is 27.6 Å². The van der Waals surface area contributed by atoms with Crippen LogP contribution in [0.15, 0.2) is 36.5 Å². The molecular formula is C33H39F3N6O2S. The van der Waals surface area contributed by atoms with Crippen molar-refractivity contribution in [3.8, 4) is 11.1 Å². The average Bonchev–Trinajstić information content (AvgIpc) is 3.66. The SMILES string of the molecule is CC(C)(C)[C@H]1CCc2nc3sc(C(=O)N[C@H](CCN4CCC(O)CC4)c4ccc(-c5c[nH]nc5C(F)(F)F)cc4)nc3cc2C1. The number of alkyl halides is 3. The number of amides is 1. The van der Waals surface area contributed by atoms with Crippen molar-refractivity contribution < 1.29 is 23.1 Å². The summed E-state index contributed by atoms with van der Waals surface area (Å²) >= 11 is 1.28. The molecule has 0 radical (unpaired) electrons. The van der Waals surface area contributed by atoms with Gasteiger partial charge in [-0.15, -0.1) is 0 Å². The summed E-state index contributed by atoms with van der Waals surface area (Å²) in [6.45, 7) is 9.06. The largest absolute Gasteiger partial charge is 0.435 e. The van der Waals surface area contributed by atoms with Crippen LogP contribution in [-0.2, 0) is 19.0 Å². The van der Waals surface area contributed by atoms with Gasteiger partial charge in [0.2, 0.25) is 0 Å². The highest BCUT2D eigenvalue weighted by molar-refractivity contribution is 7.19. The number of likely N-dealkylation sites (tertiary alicyclic amines) is 1. The number of nitrogens with one attached hydrogen (secondary N) is 2. The number of halogens is 3. The van der Waals surface area contributed by atoms with Gasteiger partial charge >= 0.3 is 6.18 Å². The standard InChI is InChI=1S/C33H39F3N6O2S/c1-32(2,3)22-8-9-25-21(16-22)17-27-30(39-25)45-31(40-27)29(44)38-26(12-15-42-13-10-23(43)11-14-42)20-6-4-19(5-7-20)24-18-37-41-28(24)33(34,35)36/h4-7,17-18,22-23,26,43H,8-16H2,1-3H3,(H,37,41)(H,38,44)/t22-,26+/m0/s1. The third-order valence-corrected chi connectivity index (χ3v) is 10.3. The number of aromatic nitrogens is 4. The fourth-order valence-electron chi connectivity index (χ4n) is 6.47. The topological polar surface area (TPSA) is 107 Å². The lowest BCUT2D eigenvalue weighted by Gasteiger charge is -2.34. The molecule has 0 bridgehead atoms. The number of H-pyrrole nitrogens is 1. The van der Waals surface area contributed by atoms with Crippen LogP contribution in [-0.4, -0.2) is 61.8 Å². The Kier molecular flexibility index (Phi) is 8.75. The summed E-state index contributed by atoms with van der Waals surface area (Å²) in [5.41, 5.74) is 3.41. The first-order valence-corrected chi connectivity index (χ1v) is 16.4. The van der Waals surface area contributed by atoms with Gasteiger partial charge < -0.3 is 15.3 Å². The number of nitrogens with zero attached hydrogens (tertiary/aromatic N) is 4. The quantitative estimate of drug-likeness (QED) is 0.211. The number of aromatic amines is 1. The number of aliphatic hydroxyl groups is 1. The molecule has 6 rings (SSSR count). The van der Waals surface area contributed by atoms with Gasteiger partial charge in [-0.05, 0) is 72.6 Å². The molecule has 240 valence electrons. The van der Waals surface area contributed by atoms with E-state index in [0.29, 0.717) is 42.3 Å². The van der Waals surface area contributed by atoms with Crippen molar-refractivity contribution in [2.45, 2.75) is 77.6 Å². The van der Waals surface area contributed by atoms with Crippen LogP contribution in [0, 0.1) is 11.3 Å². The number of hydrogen-bond donors (Lipinski definition) is 3. The monoisotopic (exact) mass is 640 g/mol. The molecule has 4 heterocycles. The van der Waals surface area contributed by atoms with Crippen molar-refractivity contribution in [1.82, 2.24) is 30.4 Å². The highest BCUT2D eigenvalue weighted by atomic mass is 32.1. The highest BCUT2D eigenvalue weighted by Gasteiger charge is 2.37. The van der Waals surface area contributed by atoms with Gasteiger partial charge in [-0.1, -0.05) is 56.4 Å². The molecule has 3 N–H and O–H groups in total. The van der Waals surface area contributed by atoms with Crippen LogP contribution >= 0.6 is 11.3 Å². The number of piperidine rings is 1. The summed E-state index contributed by atoms with van der Waals surface area (Å²) < 4.78 is 40.4. The zero-order valence-corrected chi connectivity index (χ0v) is 26.6. The molecule has 1 aromatic carbocycles. The molecule has 0 spiro atoms. The highest BCUT2D eigenvalue weighted by Crippen LogP contribution is 2.39. The second-order valence-corrected chi connectivity index (χ2v) is 14.4. The Bertz CT molecular complexity index is 1650. The Balaban J connectivity index is 1.23. The van der Waals surface area contributed by atoms with Crippen molar-refractivity contribution in [2.24, 2.45) is 11.3 Å². The fraction of sp³-hybridized carbons (Fsp3) is 0.515.